The summed E-state index contributed by atoms with van der Waals surface area (Å²) in [5, 5.41) is 18.2. The van der Waals surface area contributed by atoms with Gasteiger partial charge in [-0.1, -0.05) is 17.8 Å². The first-order valence-electron chi connectivity index (χ1n) is 5.36. The van der Waals surface area contributed by atoms with Gasteiger partial charge in [-0.2, -0.15) is 0 Å². The van der Waals surface area contributed by atoms with Gasteiger partial charge in [0.1, 0.15) is 0 Å². The number of carbonyl (C=O) groups is 2. The predicted octanol–water partition coefficient (Wildman–Crippen LogP) is -0.102. The Balaban J connectivity index is 2.18. The molecule has 2 fully saturated rings. The summed E-state index contributed by atoms with van der Waals surface area (Å²) in [6.45, 7) is 3.80. The SMILES string of the molecule is C=CCN1C(=O)C(O)SC1=NN=C1SCC(=O)N1C. The van der Waals surface area contributed by atoms with E-state index in [0.717, 1.165) is 11.8 Å². The zero-order chi connectivity index (χ0) is 14.0. The van der Waals surface area contributed by atoms with E-state index in [4.69, 9.17) is 0 Å². The Morgan fingerprint density at radius 2 is 2.16 bits per heavy atom. The third-order valence-electron chi connectivity index (χ3n) is 2.44. The Hall–Kier alpha value is -1.32. The van der Waals surface area contributed by atoms with E-state index in [-0.39, 0.29) is 12.5 Å². The molecule has 2 aliphatic heterocycles. The molecule has 2 saturated heterocycles. The fourth-order valence-electron chi connectivity index (χ4n) is 1.42. The molecule has 0 aromatic rings. The Morgan fingerprint density at radius 3 is 2.74 bits per heavy atom. The number of aliphatic hydroxyl groups excluding tert-OH is 1. The van der Waals surface area contributed by atoms with Crippen LogP contribution in [0.3, 0.4) is 0 Å². The van der Waals surface area contributed by atoms with E-state index in [9.17, 15) is 14.7 Å². The van der Waals surface area contributed by atoms with Crippen molar-refractivity contribution in [3.05, 3.63) is 12.7 Å². The van der Waals surface area contributed by atoms with Crippen LogP contribution in [0, 0.1) is 0 Å². The minimum Gasteiger partial charge on any atom is -0.373 e. The average molecular weight is 300 g/mol. The summed E-state index contributed by atoms with van der Waals surface area (Å²) < 4.78 is 0. The van der Waals surface area contributed by atoms with Gasteiger partial charge >= 0.3 is 0 Å². The predicted molar refractivity (Wildman–Crippen MR) is 75.6 cm³/mol. The fraction of sp³-hybridized carbons (Fsp3) is 0.400. The van der Waals surface area contributed by atoms with Crippen molar-refractivity contribution in [3.8, 4) is 0 Å². The van der Waals surface area contributed by atoms with Crippen LogP contribution in [0.15, 0.2) is 22.9 Å². The molecular formula is C10H12N4O3S2. The van der Waals surface area contributed by atoms with Gasteiger partial charge in [-0.3, -0.25) is 19.4 Å². The number of carbonyl (C=O) groups excluding carboxylic acids is 2. The normalized spacial score (nSPS) is 28.0. The summed E-state index contributed by atoms with van der Waals surface area (Å²) >= 11 is 2.20. The van der Waals surface area contributed by atoms with E-state index >= 15 is 0 Å². The molecule has 0 spiro atoms. The summed E-state index contributed by atoms with van der Waals surface area (Å²) in [5.41, 5.74) is -1.16. The summed E-state index contributed by atoms with van der Waals surface area (Å²) in [4.78, 5) is 25.6. The van der Waals surface area contributed by atoms with Crippen molar-refractivity contribution < 1.29 is 14.7 Å². The number of amides is 2. The lowest BCUT2D eigenvalue weighted by atomic mass is 10.5. The van der Waals surface area contributed by atoms with E-state index in [1.165, 1.54) is 21.6 Å². The molecule has 2 amide bonds. The number of nitrogens with zero attached hydrogens (tertiary/aromatic N) is 4. The van der Waals surface area contributed by atoms with Gasteiger partial charge in [0.05, 0.1) is 5.75 Å². The van der Waals surface area contributed by atoms with Gasteiger partial charge in [-0.15, -0.1) is 16.8 Å². The summed E-state index contributed by atoms with van der Waals surface area (Å²) in [7, 11) is 1.62. The lowest BCUT2D eigenvalue weighted by Crippen LogP contribution is -2.32. The second kappa shape index (κ2) is 5.76. The van der Waals surface area contributed by atoms with Crippen LogP contribution in [0.5, 0.6) is 0 Å². The van der Waals surface area contributed by atoms with Crippen LogP contribution in [0.1, 0.15) is 0 Å². The molecule has 0 aromatic heterocycles. The van der Waals surface area contributed by atoms with Crippen LogP contribution in [0.2, 0.25) is 0 Å². The molecule has 2 heterocycles. The molecule has 19 heavy (non-hydrogen) atoms. The Kier molecular flexibility index (Phi) is 4.27. The van der Waals surface area contributed by atoms with E-state index in [1.807, 2.05) is 0 Å². The third-order valence-corrected chi connectivity index (χ3v) is 4.39. The third kappa shape index (κ3) is 2.82. The van der Waals surface area contributed by atoms with E-state index < -0.39 is 11.3 Å². The highest BCUT2D eigenvalue weighted by molar-refractivity contribution is 8.15. The van der Waals surface area contributed by atoms with Crippen LogP contribution in [-0.2, 0) is 9.59 Å². The van der Waals surface area contributed by atoms with Crippen molar-refractivity contribution in [2.75, 3.05) is 19.3 Å². The number of hydrogen-bond donors (Lipinski definition) is 1. The van der Waals surface area contributed by atoms with Crippen molar-refractivity contribution in [1.29, 1.82) is 0 Å². The maximum absolute atomic E-state index is 11.6. The van der Waals surface area contributed by atoms with Gasteiger partial charge in [0, 0.05) is 13.6 Å². The first-order valence-corrected chi connectivity index (χ1v) is 7.23. The van der Waals surface area contributed by atoms with Gasteiger partial charge in [-0.25, -0.2) is 0 Å². The van der Waals surface area contributed by atoms with Gasteiger partial charge in [0.2, 0.25) is 5.91 Å². The van der Waals surface area contributed by atoms with Crippen LogP contribution in [0.4, 0.5) is 0 Å². The molecular weight excluding hydrogens is 288 g/mol. The number of hydrogen-bond acceptors (Lipinski definition) is 7. The molecule has 9 heteroatoms. The molecule has 0 bridgehead atoms. The number of amidine groups is 2. The minimum atomic E-state index is -1.16. The van der Waals surface area contributed by atoms with E-state index in [0.29, 0.717) is 16.1 Å². The molecule has 1 unspecified atom stereocenters. The van der Waals surface area contributed by atoms with Gasteiger partial charge in [0.15, 0.2) is 15.8 Å². The lowest BCUT2D eigenvalue weighted by Gasteiger charge is -2.12. The van der Waals surface area contributed by atoms with E-state index in [1.54, 1.807) is 13.1 Å². The Morgan fingerprint density at radius 1 is 1.47 bits per heavy atom. The van der Waals surface area contributed by atoms with Gasteiger partial charge < -0.3 is 5.11 Å². The number of aliphatic hydroxyl groups is 1. The standard InChI is InChI=1S/C10H12N4O3S2/c1-3-4-14-7(16)8(17)19-10(14)12-11-9-13(2)6(15)5-18-9/h3,8,17H,1,4-5H2,2H3. The molecule has 0 aromatic carbocycles. The molecule has 0 saturated carbocycles. The van der Waals surface area contributed by atoms with Crippen LogP contribution >= 0.6 is 23.5 Å². The molecule has 2 aliphatic rings. The first kappa shape index (κ1) is 14.1. The Labute approximate surface area is 118 Å². The first-order chi connectivity index (χ1) is 9.04. The van der Waals surface area contributed by atoms with Crippen LogP contribution in [-0.4, -0.2) is 61.8 Å². The van der Waals surface area contributed by atoms with Gasteiger partial charge in [-0.05, 0) is 11.8 Å². The number of thioether (sulfide) groups is 2. The maximum atomic E-state index is 11.6. The molecule has 1 atom stereocenters. The van der Waals surface area contributed by atoms with Crippen molar-refractivity contribution >= 4 is 45.7 Å². The second-order valence-electron chi connectivity index (χ2n) is 3.71. The Bertz CT molecular complexity index is 491. The summed E-state index contributed by atoms with van der Waals surface area (Å²) in [6, 6.07) is 0. The smallest absolute Gasteiger partial charge is 0.268 e. The zero-order valence-corrected chi connectivity index (χ0v) is 11.8. The number of rotatable bonds is 3. The summed E-state index contributed by atoms with van der Waals surface area (Å²) in [6.07, 6.45) is 1.54. The molecule has 0 radical (unpaired) electrons. The van der Waals surface area contributed by atoms with Crippen molar-refractivity contribution in [1.82, 2.24) is 9.80 Å². The fourth-order valence-corrected chi connectivity index (χ4v) is 3.07. The van der Waals surface area contributed by atoms with Crippen molar-refractivity contribution in [2.45, 2.75) is 5.44 Å². The maximum Gasteiger partial charge on any atom is 0.268 e. The molecule has 0 aliphatic carbocycles. The monoisotopic (exact) mass is 300 g/mol. The molecule has 2 rings (SSSR count). The summed E-state index contributed by atoms with van der Waals surface area (Å²) in [5.74, 6) is -0.139. The second-order valence-corrected chi connectivity index (χ2v) is 5.70. The highest BCUT2D eigenvalue weighted by atomic mass is 32.2. The zero-order valence-electron chi connectivity index (χ0n) is 10.1. The topological polar surface area (TPSA) is 85.6 Å². The minimum absolute atomic E-state index is 0.0397. The molecule has 1 N–H and O–H groups in total. The molecule has 102 valence electrons. The highest BCUT2D eigenvalue weighted by Gasteiger charge is 2.36. The molecule has 7 nitrogen and oxygen atoms in total. The average Bonchev–Trinajstić information content (AvgIpc) is 2.84. The van der Waals surface area contributed by atoms with Gasteiger partial charge in [0.25, 0.3) is 5.91 Å². The van der Waals surface area contributed by atoms with Crippen LogP contribution < -0.4 is 0 Å². The lowest BCUT2D eigenvalue weighted by molar-refractivity contribution is -0.130. The highest BCUT2D eigenvalue weighted by Crippen LogP contribution is 2.26. The van der Waals surface area contributed by atoms with Crippen LogP contribution in [0.25, 0.3) is 0 Å². The van der Waals surface area contributed by atoms with E-state index in [2.05, 4.69) is 16.8 Å². The quantitative estimate of drug-likeness (QED) is 0.581. The van der Waals surface area contributed by atoms with Crippen molar-refractivity contribution in [3.63, 3.8) is 0 Å². The van der Waals surface area contributed by atoms with Crippen molar-refractivity contribution in [2.24, 2.45) is 10.2 Å². The largest absolute Gasteiger partial charge is 0.373 e.